The van der Waals surface area contributed by atoms with Gasteiger partial charge in [0.05, 0.1) is 4.92 Å². The van der Waals surface area contributed by atoms with Crippen molar-refractivity contribution in [2.75, 3.05) is 25.2 Å². The Bertz CT molecular complexity index is 821. The predicted octanol–water partition coefficient (Wildman–Crippen LogP) is 4.23. The van der Waals surface area contributed by atoms with Gasteiger partial charge in [-0.05, 0) is 29.3 Å². The average Bonchev–Trinajstić information content (AvgIpc) is 2.64. The first-order valence-electron chi connectivity index (χ1n) is 7.64. The lowest BCUT2D eigenvalue weighted by molar-refractivity contribution is -0.385. The van der Waals surface area contributed by atoms with Crippen LogP contribution in [-0.2, 0) is 0 Å². The standard InChI is InChI=1S/C18H17FN2O5/c1-20(18(22)23)15-7-4-13(5-8-15)2-3-14-6-9-17(26-11-10-19)16(12-14)21(24)25/h2-9,12H,10-11H2,1H3,(H,22,23). The highest BCUT2D eigenvalue weighted by atomic mass is 19.1. The topological polar surface area (TPSA) is 92.9 Å². The van der Waals surface area contributed by atoms with Gasteiger partial charge in [0.2, 0.25) is 0 Å². The molecule has 0 spiro atoms. The van der Waals surface area contributed by atoms with Gasteiger partial charge in [-0.1, -0.05) is 30.4 Å². The molecule has 7 nitrogen and oxygen atoms in total. The van der Waals surface area contributed by atoms with E-state index in [4.69, 9.17) is 9.84 Å². The zero-order valence-electron chi connectivity index (χ0n) is 14.0. The molecule has 0 unspecified atom stereocenters. The van der Waals surface area contributed by atoms with Gasteiger partial charge in [-0.3, -0.25) is 15.0 Å². The second-order valence-electron chi connectivity index (χ2n) is 5.29. The molecule has 0 aliphatic heterocycles. The summed E-state index contributed by atoms with van der Waals surface area (Å²) in [6.07, 6.45) is 2.36. The van der Waals surface area contributed by atoms with Gasteiger partial charge < -0.3 is 9.84 Å². The summed E-state index contributed by atoms with van der Waals surface area (Å²) in [5.74, 6) is 0.0193. The minimum atomic E-state index is -1.06. The van der Waals surface area contributed by atoms with Crippen molar-refractivity contribution in [3.63, 3.8) is 0 Å². The number of nitrogens with zero attached hydrogens (tertiary/aromatic N) is 2. The number of rotatable bonds is 7. The van der Waals surface area contributed by atoms with Gasteiger partial charge in [-0.2, -0.15) is 0 Å². The summed E-state index contributed by atoms with van der Waals surface area (Å²) in [6, 6.07) is 11.2. The Kier molecular flexibility index (Phi) is 6.26. The highest BCUT2D eigenvalue weighted by Gasteiger charge is 2.15. The maximum absolute atomic E-state index is 12.2. The number of amides is 1. The van der Waals surface area contributed by atoms with Crippen molar-refractivity contribution in [2.45, 2.75) is 0 Å². The lowest BCUT2D eigenvalue weighted by atomic mass is 10.1. The Morgan fingerprint density at radius 1 is 1.23 bits per heavy atom. The van der Waals surface area contributed by atoms with E-state index in [1.54, 1.807) is 42.5 Å². The summed E-state index contributed by atoms with van der Waals surface area (Å²) in [5, 5.41) is 20.1. The molecule has 2 rings (SSSR count). The number of alkyl halides is 1. The number of carboxylic acid groups (broad SMARTS) is 1. The summed E-state index contributed by atoms with van der Waals surface area (Å²) in [5.41, 5.74) is 1.67. The van der Waals surface area contributed by atoms with E-state index >= 15 is 0 Å². The summed E-state index contributed by atoms with van der Waals surface area (Å²) in [4.78, 5) is 22.5. The van der Waals surface area contributed by atoms with Crippen LogP contribution in [0.2, 0.25) is 0 Å². The van der Waals surface area contributed by atoms with Crippen LogP contribution in [0, 0.1) is 10.1 Å². The van der Waals surface area contributed by atoms with E-state index in [0.717, 1.165) is 10.5 Å². The number of hydrogen-bond donors (Lipinski definition) is 1. The maximum Gasteiger partial charge on any atom is 0.411 e. The largest absolute Gasteiger partial charge is 0.484 e. The van der Waals surface area contributed by atoms with Gasteiger partial charge in [0.15, 0.2) is 5.75 Å². The SMILES string of the molecule is CN(C(=O)O)c1ccc(C=Cc2ccc(OCCF)c([N+](=O)[O-])c2)cc1. The quantitative estimate of drug-likeness (QED) is 0.453. The van der Waals surface area contributed by atoms with Crippen molar-refractivity contribution in [1.29, 1.82) is 0 Å². The fourth-order valence-electron chi connectivity index (χ4n) is 2.16. The molecule has 0 saturated heterocycles. The Morgan fingerprint density at radius 2 is 1.85 bits per heavy atom. The molecule has 0 bridgehead atoms. The number of nitro benzene ring substituents is 1. The van der Waals surface area contributed by atoms with Gasteiger partial charge >= 0.3 is 11.8 Å². The Hall–Kier alpha value is -3.42. The number of halogens is 1. The van der Waals surface area contributed by atoms with Gasteiger partial charge in [-0.15, -0.1) is 0 Å². The van der Waals surface area contributed by atoms with Crippen LogP contribution >= 0.6 is 0 Å². The van der Waals surface area contributed by atoms with Crippen LogP contribution in [0.4, 0.5) is 20.6 Å². The van der Waals surface area contributed by atoms with Crippen LogP contribution in [-0.4, -0.2) is 36.5 Å². The second-order valence-corrected chi connectivity index (χ2v) is 5.29. The van der Waals surface area contributed by atoms with Gasteiger partial charge in [0.1, 0.15) is 13.3 Å². The highest BCUT2D eigenvalue weighted by Crippen LogP contribution is 2.28. The van der Waals surface area contributed by atoms with E-state index < -0.39 is 17.7 Å². The van der Waals surface area contributed by atoms with Crippen molar-refractivity contribution in [3.8, 4) is 5.75 Å². The highest BCUT2D eigenvalue weighted by molar-refractivity contribution is 5.85. The first-order valence-corrected chi connectivity index (χ1v) is 7.64. The lowest BCUT2D eigenvalue weighted by Gasteiger charge is -2.12. The Balaban J connectivity index is 2.18. The molecule has 2 aromatic carbocycles. The molecule has 1 amide bonds. The molecule has 8 heteroatoms. The normalized spacial score (nSPS) is 10.7. The van der Waals surface area contributed by atoms with Crippen molar-refractivity contribution in [1.82, 2.24) is 0 Å². The van der Waals surface area contributed by atoms with E-state index in [0.29, 0.717) is 11.3 Å². The van der Waals surface area contributed by atoms with E-state index in [-0.39, 0.29) is 18.0 Å². The minimum absolute atomic E-state index is 0.0193. The molecule has 0 fully saturated rings. The molecule has 2 aromatic rings. The smallest absolute Gasteiger partial charge is 0.411 e. The zero-order valence-corrected chi connectivity index (χ0v) is 14.0. The van der Waals surface area contributed by atoms with Gasteiger partial charge in [-0.25, -0.2) is 9.18 Å². The van der Waals surface area contributed by atoms with Gasteiger partial charge in [0.25, 0.3) is 0 Å². The first-order chi connectivity index (χ1) is 12.4. The number of carbonyl (C=O) groups is 1. The second kappa shape index (κ2) is 8.61. The lowest BCUT2D eigenvalue weighted by Crippen LogP contribution is -2.23. The molecule has 0 atom stereocenters. The molecular weight excluding hydrogens is 343 g/mol. The van der Waals surface area contributed by atoms with E-state index in [1.807, 2.05) is 0 Å². The average molecular weight is 360 g/mol. The molecule has 26 heavy (non-hydrogen) atoms. The fraction of sp³-hybridized carbons (Fsp3) is 0.167. The van der Waals surface area contributed by atoms with Crippen molar-refractivity contribution < 1.29 is 24.0 Å². The third-order valence-corrected chi connectivity index (χ3v) is 3.55. The maximum atomic E-state index is 12.2. The fourth-order valence-corrected chi connectivity index (χ4v) is 2.16. The molecular formula is C18H17FN2O5. The summed E-state index contributed by atoms with van der Waals surface area (Å²) in [7, 11) is 1.44. The van der Waals surface area contributed by atoms with Crippen LogP contribution < -0.4 is 9.64 Å². The van der Waals surface area contributed by atoms with Crippen LogP contribution in [0.25, 0.3) is 12.2 Å². The Morgan fingerprint density at radius 3 is 2.42 bits per heavy atom. The zero-order chi connectivity index (χ0) is 19.1. The summed E-state index contributed by atoms with van der Waals surface area (Å²) < 4.78 is 17.2. The summed E-state index contributed by atoms with van der Waals surface area (Å²) in [6.45, 7) is -0.973. The van der Waals surface area contributed by atoms with Crippen molar-refractivity contribution >= 4 is 29.6 Å². The number of hydrogen-bond acceptors (Lipinski definition) is 4. The number of benzene rings is 2. The molecule has 136 valence electrons. The molecule has 0 aliphatic carbocycles. The van der Waals surface area contributed by atoms with Crippen LogP contribution in [0.5, 0.6) is 5.75 Å². The third kappa shape index (κ3) is 4.79. The number of nitro groups is 1. The monoisotopic (exact) mass is 360 g/mol. The van der Waals surface area contributed by atoms with Crippen LogP contribution in [0.15, 0.2) is 42.5 Å². The number of anilines is 1. The van der Waals surface area contributed by atoms with E-state index in [1.165, 1.54) is 19.2 Å². The van der Waals surface area contributed by atoms with Crippen LogP contribution in [0.1, 0.15) is 11.1 Å². The Labute approximate surface area is 149 Å². The molecule has 0 radical (unpaired) electrons. The molecule has 0 aliphatic rings. The van der Waals surface area contributed by atoms with Crippen LogP contribution in [0.3, 0.4) is 0 Å². The van der Waals surface area contributed by atoms with Crippen molar-refractivity contribution in [2.24, 2.45) is 0 Å². The molecule has 0 aromatic heterocycles. The predicted molar refractivity (Wildman–Crippen MR) is 96.4 cm³/mol. The van der Waals surface area contributed by atoms with Gasteiger partial charge in [0, 0.05) is 18.8 Å². The van der Waals surface area contributed by atoms with E-state index in [2.05, 4.69) is 0 Å². The van der Waals surface area contributed by atoms with Crippen molar-refractivity contribution in [3.05, 3.63) is 63.7 Å². The summed E-state index contributed by atoms with van der Waals surface area (Å²) >= 11 is 0. The number of ether oxygens (including phenoxy) is 1. The molecule has 1 N–H and O–H groups in total. The minimum Gasteiger partial charge on any atom is -0.484 e. The van der Waals surface area contributed by atoms with E-state index in [9.17, 15) is 19.3 Å². The molecule has 0 saturated carbocycles. The third-order valence-electron chi connectivity index (χ3n) is 3.55. The molecule has 0 heterocycles. The first kappa shape index (κ1) is 18.9.